The fourth-order valence-electron chi connectivity index (χ4n) is 3.41. The Hall–Kier alpha value is -3.53. The first-order valence-corrected chi connectivity index (χ1v) is 9.90. The van der Waals surface area contributed by atoms with Crippen molar-refractivity contribution in [2.45, 2.75) is 26.2 Å². The molecule has 0 atom stereocenters. The molecule has 0 radical (unpaired) electrons. The maximum atomic E-state index is 11.8. The standard InChI is InChI=1S/C26H24O4/c1-26(2,3)19-9-11-20(12-10-19)29-16-18(25(27)28)14-17-8-13-24-22(15-17)21-6-4-5-7-23(21)30-24/h4-15H,16H2,1-3H3,(H,27,28)/b18-14+. The zero-order chi connectivity index (χ0) is 21.3. The van der Waals surface area contributed by atoms with E-state index in [1.54, 1.807) is 6.08 Å². The number of furan rings is 1. The van der Waals surface area contributed by atoms with Gasteiger partial charge in [0.05, 0.1) is 5.57 Å². The minimum absolute atomic E-state index is 0.0195. The van der Waals surface area contributed by atoms with E-state index in [2.05, 4.69) is 20.8 Å². The molecule has 0 amide bonds. The van der Waals surface area contributed by atoms with E-state index in [9.17, 15) is 9.90 Å². The predicted octanol–water partition coefficient (Wildman–Crippen LogP) is 6.43. The van der Waals surface area contributed by atoms with Gasteiger partial charge in [0.25, 0.3) is 0 Å². The number of fused-ring (bicyclic) bond motifs is 3. The van der Waals surface area contributed by atoms with Crippen LogP contribution in [0.15, 0.2) is 76.7 Å². The first kappa shape index (κ1) is 19.8. The highest BCUT2D eigenvalue weighted by atomic mass is 16.5. The largest absolute Gasteiger partial charge is 0.489 e. The number of carboxylic acids is 1. The molecular weight excluding hydrogens is 376 g/mol. The first-order chi connectivity index (χ1) is 14.3. The highest BCUT2D eigenvalue weighted by Crippen LogP contribution is 2.30. The molecule has 0 saturated carbocycles. The third-order valence-electron chi connectivity index (χ3n) is 5.13. The average molecular weight is 400 g/mol. The monoisotopic (exact) mass is 400 g/mol. The Bertz CT molecular complexity index is 1240. The Morgan fingerprint density at radius 3 is 2.37 bits per heavy atom. The van der Waals surface area contributed by atoms with Gasteiger partial charge in [-0.2, -0.15) is 0 Å². The number of aliphatic carboxylic acids is 1. The van der Waals surface area contributed by atoms with Crippen LogP contribution in [0.1, 0.15) is 31.9 Å². The first-order valence-electron chi connectivity index (χ1n) is 9.90. The van der Waals surface area contributed by atoms with E-state index in [-0.39, 0.29) is 17.6 Å². The van der Waals surface area contributed by atoms with E-state index in [0.717, 1.165) is 27.5 Å². The minimum Gasteiger partial charge on any atom is -0.489 e. The number of ether oxygens (including phenoxy) is 1. The van der Waals surface area contributed by atoms with Gasteiger partial charge in [-0.25, -0.2) is 4.79 Å². The quantitative estimate of drug-likeness (QED) is 0.392. The Morgan fingerprint density at radius 2 is 1.67 bits per heavy atom. The molecule has 3 aromatic carbocycles. The molecular formula is C26H24O4. The summed E-state index contributed by atoms with van der Waals surface area (Å²) in [6, 6.07) is 21.3. The summed E-state index contributed by atoms with van der Waals surface area (Å²) >= 11 is 0. The molecule has 0 aliphatic carbocycles. The van der Waals surface area contributed by atoms with Gasteiger partial charge in [0, 0.05) is 10.8 Å². The highest BCUT2D eigenvalue weighted by Gasteiger charge is 2.14. The van der Waals surface area contributed by atoms with Crippen molar-refractivity contribution in [2.24, 2.45) is 0 Å². The van der Waals surface area contributed by atoms with Crippen molar-refractivity contribution in [3.63, 3.8) is 0 Å². The van der Waals surface area contributed by atoms with E-state index in [1.807, 2.05) is 66.7 Å². The van der Waals surface area contributed by atoms with E-state index >= 15 is 0 Å². The number of carboxylic acid groups (broad SMARTS) is 1. The fourth-order valence-corrected chi connectivity index (χ4v) is 3.41. The normalized spacial score (nSPS) is 12.4. The van der Waals surface area contributed by atoms with Gasteiger partial charge < -0.3 is 14.3 Å². The summed E-state index contributed by atoms with van der Waals surface area (Å²) in [7, 11) is 0. The number of carbonyl (C=O) groups is 1. The molecule has 0 saturated heterocycles. The van der Waals surface area contributed by atoms with Gasteiger partial charge in [-0.1, -0.05) is 57.2 Å². The third kappa shape index (κ3) is 4.08. The Labute approximate surface area is 175 Å². The van der Waals surface area contributed by atoms with Crippen molar-refractivity contribution in [3.05, 3.63) is 83.4 Å². The van der Waals surface area contributed by atoms with Crippen LogP contribution in [0.5, 0.6) is 5.75 Å². The van der Waals surface area contributed by atoms with Crippen molar-refractivity contribution in [3.8, 4) is 5.75 Å². The highest BCUT2D eigenvalue weighted by molar-refractivity contribution is 6.05. The smallest absolute Gasteiger partial charge is 0.335 e. The van der Waals surface area contributed by atoms with Gasteiger partial charge in [-0.15, -0.1) is 0 Å². The van der Waals surface area contributed by atoms with Crippen molar-refractivity contribution in [2.75, 3.05) is 6.61 Å². The fraction of sp³-hybridized carbons (Fsp3) is 0.192. The number of para-hydroxylation sites is 1. The zero-order valence-electron chi connectivity index (χ0n) is 17.3. The van der Waals surface area contributed by atoms with Crippen molar-refractivity contribution in [1.29, 1.82) is 0 Å². The Kier molecular flexibility index (Phi) is 5.08. The van der Waals surface area contributed by atoms with Crippen LogP contribution >= 0.6 is 0 Å². The molecule has 0 fully saturated rings. The van der Waals surface area contributed by atoms with Gasteiger partial charge in [-0.3, -0.25) is 0 Å². The summed E-state index contributed by atoms with van der Waals surface area (Å²) in [5.74, 6) is -0.357. The van der Waals surface area contributed by atoms with E-state index in [0.29, 0.717) is 5.75 Å². The van der Waals surface area contributed by atoms with E-state index < -0.39 is 5.97 Å². The number of hydrogen-bond acceptors (Lipinski definition) is 3. The minimum atomic E-state index is -1.00. The second-order valence-electron chi connectivity index (χ2n) is 8.39. The predicted molar refractivity (Wildman–Crippen MR) is 120 cm³/mol. The van der Waals surface area contributed by atoms with Crippen molar-refractivity contribution >= 4 is 34.0 Å². The van der Waals surface area contributed by atoms with Crippen LogP contribution < -0.4 is 4.74 Å². The zero-order valence-corrected chi connectivity index (χ0v) is 17.3. The second-order valence-corrected chi connectivity index (χ2v) is 8.39. The summed E-state index contributed by atoms with van der Waals surface area (Å²) in [5.41, 5.74) is 3.82. The van der Waals surface area contributed by atoms with Crippen LogP contribution in [0.4, 0.5) is 0 Å². The summed E-state index contributed by atoms with van der Waals surface area (Å²) < 4.78 is 11.6. The number of rotatable bonds is 5. The summed E-state index contributed by atoms with van der Waals surface area (Å²) in [5, 5.41) is 11.6. The molecule has 152 valence electrons. The molecule has 1 heterocycles. The van der Waals surface area contributed by atoms with E-state index in [1.165, 1.54) is 5.56 Å². The topological polar surface area (TPSA) is 59.7 Å². The molecule has 4 rings (SSSR count). The van der Waals surface area contributed by atoms with Gasteiger partial charge in [0.2, 0.25) is 0 Å². The van der Waals surface area contributed by atoms with Gasteiger partial charge in [0.1, 0.15) is 23.5 Å². The molecule has 4 aromatic rings. The molecule has 0 aliphatic heterocycles. The van der Waals surface area contributed by atoms with Crippen molar-refractivity contribution < 1.29 is 19.1 Å². The van der Waals surface area contributed by atoms with Crippen molar-refractivity contribution in [1.82, 2.24) is 0 Å². The van der Waals surface area contributed by atoms with E-state index in [4.69, 9.17) is 9.15 Å². The van der Waals surface area contributed by atoms with Gasteiger partial charge in [-0.05, 0) is 52.9 Å². The lowest BCUT2D eigenvalue weighted by atomic mass is 9.87. The SMILES string of the molecule is CC(C)(C)c1ccc(OC/C(=C\c2ccc3oc4ccccc4c3c2)C(=O)O)cc1. The van der Waals surface area contributed by atoms with Gasteiger partial charge >= 0.3 is 5.97 Å². The third-order valence-corrected chi connectivity index (χ3v) is 5.13. The molecule has 0 spiro atoms. The lowest BCUT2D eigenvalue weighted by Gasteiger charge is -2.19. The average Bonchev–Trinajstić information content (AvgIpc) is 3.08. The molecule has 0 aliphatic rings. The summed E-state index contributed by atoms with van der Waals surface area (Å²) in [6.45, 7) is 6.42. The van der Waals surface area contributed by atoms with Crippen LogP contribution in [-0.4, -0.2) is 17.7 Å². The van der Waals surface area contributed by atoms with Crippen LogP contribution in [0.3, 0.4) is 0 Å². The number of benzene rings is 3. The Balaban J connectivity index is 1.58. The molecule has 1 aromatic heterocycles. The molecule has 0 bridgehead atoms. The molecule has 30 heavy (non-hydrogen) atoms. The molecule has 4 heteroatoms. The summed E-state index contributed by atoms with van der Waals surface area (Å²) in [4.78, 5) is 11.8. The molecule has 4 nitrogen and oxygen atoms in total. The van der Waals surface area contributed by atoms with Crippen LogP contribution in [0, 0.1) is 0 Å². The lowest BCUT2D eigenvalue weighted by molar-refractivity contribution is -0.132. The van der Waals surface area contributed by atoms with Crippen LogP contribution in [-0.2, 0) is 10.2 Å². The molecule has 0 unspecified atom stereocenters. The van der Waals surface area contributed by atoms with Crippen LogP contribution in [0.25, 0.3) is 28.0 Å². The van der Waals surface area contributed by atoms with Gasteiger partial charge in [0.15, 0.2) is 0 Å². The maximum absolute atomic E-state index is 11.8. The lowest BCUT2D eigenvalue weighted by Crippen LogP contribution is -2.12. The number of hydrogen-bond donors (Lipinski definition) is 1. The molecule has 1 N–H and O–H groups in total. The maximum Gasteiger partial charge on any atom is 0.335 e. The Morgan fingerprint density at radius 1 is 0.967 bits per heavy atom. The second kappa shape index (κ2) is 7.71. The van der Waals surface area contributed by atoms with Crippen LogP contribution in [0.2, 0.25) is 0 Å². The summed E-state index contributed by atoms with van der Waals surface area (Å²) in [6.07, 6.45) is 1.65.